The minimum atomic E-state index is -0.532. The summed E-state index contributed by atoms with van der Waals surface area (Å²) in [6.45, 7) is 5.70. The van der Waals surface area contributed by atoms with Gasteiger partial charge in [-0.3, -0.25) is 4.99 Å². The quantitative estimate of drug-likeness (QED) is 0.577. The monoisotopic (exact) mass is 443 g/mol. The third kappa shape index (κ3) is 3.59. The van der Waals surface area contributed by atoms with Crippen molar-refractivity contribution >= 4 is 39.4 Å². The molecule has 0 spiro atoms. The first kappa shape index (κ1) is 18.8. The Morgan fingerprint density at radius 2 is 1.85 bits per heavy atom. The highest BCUT2D eigenvalue weighted by molar-refractivity contribution is 9.10. The summed E-state index contributed by atoms with van der Waals surface area (Å²) in [6, 6.07) is 16.0. The molecule has 2 heterocycles. The summed E-state index contributed by atoms with van der Waals surface area (Å²) < 4.78 is 6.76. The van der Waals surface area contributed by atoms with Crippen LogP contribution in [0.2, 0.25) is 0 Å². The van der Waals surface area contributed by atoms with Crippen molar-refractivity contribution in [2.75, 3.05) is 5.75 Å². The zero-order valence-corrected chi connectivity index (χ0v) is 18.0. The first-order valence-electron chi connectivity index (χ1n) is 9.12. The molecule has 4 rings (SSSR count). The highest BCUT2D eigenvalue weighted by atomic mass is 79.9. The molecule has 5 heteroatoms. The van der Waals surface area contributed by atoms with Crippen molar-refractivity contribution in [2.45, 2.75) is 43.2 Å². The van der Waals surface area contributed by atoms with Gasteiger partial charge in [-0.15, -0.1) is 11.8 Å². The number of ether oxygens (including phenoxy) is 1. The fourth-order valence-electron chi connectivity index (χ4n) is 3.85. The van der Waals surface area contributed by atoms with Crippen LogP contribution in [0.15, 0.2) is 62.9 Å². The van der Waals surface area contributed by atoms with Gasteiger partial charge >= 0.3 is 5.97 Å². The Kier molecular flexibility index (Phi) is 4.93. The number of hydrogen-bond donors (Lipinski definition) is 0. The average Bonchev–Trinajstić information content (AvgIpc) is 3.01. The standard InChI is InChI=1S/C22H22BrNO2S/c1-22(2,3)26-21(25)20-18(13-8-4-6-10-16(13)23)15-12-27-17-11-7-5-9-14(17)19(15)24-20/h4-11,15,18,20H,12H2,1-3H3/t15-,18-,20-/m1/s1. The smallest absolute Gasteiger partial charge is 0.332 e. The molecule has 27 heavy (non-hydrogen) atoms. The minimum Gasteiger partial charge on any atom is -0.458 e. The van der Waals surface area contributed by atoms with Gasteiger partial charge in [-0.05, 0) is 38.5 Å². The summed E-state index contributed by atoms with van der Waals surface area (Å²) in [5.74, 6) is 0.848. The highest BCUT2D eigenvalue weighted by Crippen LogP contribution is 2.47. The van der Waals surface area contributed by atoms with E-state index >= 15 is 0 Å². The number of fused-ring (bicyclic) bond motifs is 3. The van der Waals surface area contributed by atoms with Gasteiger partial charge in [-0.25, -0.2) is 4.79 Å². The summed E-state index contributed by atoms with van der Waals surface area (Å²) in [6.07, 6.45) is 0. The van der Waals surface area contributed by atoms with E-state index < -0.39 is 11.6 Å². The molecule has 2 aliphatic heterocycles. The van der Waals surface area contributed by atoms with Crippen LogP contribution in [0.5, 0.6) is 0 Å². The zero-order valence-electron chi connectivity index (χ0n) is 15.6. The predicted octanol–water partition coefficient (Wildman–Crippen LogP) is 5.47. The van der Waals surface area contributed by atoms with Gasteiger partial charge in [-0.1, -0.05) is 52.3 Å². The SMILES string of the molecule is CC(C)(C)OC(=O)[C@@H]1N=C2c3ccccc3SC[C@@H]2[C@H]1c1ccccc1Br. The van der Waals surface area contributed by atoms with Gasteiger partial charge < -0.3 is 4.74 Å². The molecule has 0 unspecified atom stereocenters. The summed E-state index contributed by atoms with van der Waals surface area (Å²) in [5, 5.41) is 0. The molecule has 0 fully saturated rings. The molecule has 140 valence electrons. The second-order valence-corrected chi connectivity index (χ2v) is 9.87. The summed E-state index contributed by atoms with van der Waals surface area (Å²) in [7, 11) is 0. The van der Waals surface area contributed by atoms with Gasteiger partial charge in [0.15, 0.2) is 6.04 Å². The van der Waals surface area contributed by atoms with E-state index in [0.717, 1.165) is 27.1 Å². The van der Waals surface area contributed by atoms with Crippen molar-refractivity contribution in [3.05, 3.63) is 64.1 Å². The number of rotatable bonds is 2. The fourth-order valence-corrected chi connectivity index (χ4v) is 5.62. The van der Waals surface area contributed by atoms with Crippen molar-refractivity contribution < 1.29 is 9.53 Å². The zero-order chi connectivity index (χ0) is 19.2. The molecular weight excluding hydrogens is 422 g/mol. The second-order valence-electron chi connectivity index (χ2n) is 7.95. The fraction of sp³-hybridized carbons (Fsp3) is 0.364. The first-order valence-corrected chi connectivity index (χ1v) is 10.9. The van der Waals surface area contributed by atoms with E-state index in [2.05, 4.69) is 40.2 Å². The molecule has 0 aliphatic carbocycles. The molecule has 0 N–H and O–H groups in total. The van der Waals surface area contributed by atoms with Crippen molar-refractivity contribution in [1.82, 2.24) is 0 Å². The maximum absolute atomic E-state index is 13.1. The van der Waals surface area contributed by atoms with Gasteiger partial charge in [-0.2, -0.15) is 0 Å². The third-order valence-electron chi connectivity index (χ3n) is 4.90. The molecule has 3 nitrogen and oxygen atoms in total. The molecule has 0 amide bonds. The van der Waals surface area contributed by atoms with Crippen molar-refractivity contribution in [2.24, 2.45) is 10.9 Å². The van der Waals surface area contributed by atoms with Crippen LogP contribution in [-0.2, 0) is 9.53 Å². The lowest BCUT2D eigenvalue weighted by Gasteiger charge is -2.30. The van der Waals surface area contributed by atoms with E-state index in [9.17, 15) is 4.79 Å². The topological polar surface area (TPSA) is 38.7 Å². The van der Waals surface area contributed by atoms with E-state index in [1.165, 1.54) is 4.90 Å². The molecule has 0 saturated carbocycles. The van der Waals surface area contributed by atoms with Crippen LogP contribution in [0.1, 0.15) is 37.8 Å². The maximum Gasteiger partial charge on any atom is 0.332 e. The number of thioether (sulfide) groups is 1. The molecule has 2 aromatic rings. The number of esters is 1. The van der Waals surface area contributed by atoms with Gasteiger partial charge in [0, 0.05) is 38.2 Å². The Morgan fingerprint density at radius 1 is 1.15 bits per heavy atom. The third-order valence-corrected chi connectivity index (χ3v) is 6.81. The number of carbonyl (C=O) groups excluding carboxylic acids is 1. The van der Waals surface area contributed by atoms with Crippen LogP contribution < -0.4 is 0 Å². The van der Waals surface area contributed by atoms with Gasteiger partial charge in [0.25, 0.3) is 0 Å². The molecule has 0 saturated heterocycles. The Bertz CT molecular complexity index is 919. The van der Waals surface area contributed by atoms with Crippen LogP contribution in [0.4, 0.5) is 0 Å². The molecule has 2 aromatic carbocycles. The predicted molar refractivity (Wildman–Crippen MR) is 114 cm³/mol. The van der Waals surface area contributed by atoms with E-state index in [1.807, 2.05) is 56.8 Å². The second kappa shape index (κ2) is 7.10. The van der Waals surface area contributed by atoms with Crippen LogP contribution in [0, 0.1) is 5.92 Å². The summed E-state index contributed by atoms with van der Waals surface area (Å²) in [5.41, 5.74) is 2.79. The summed E-state index contributed by atoms with van der Waals surface area (Å²) in [4.78, 5) is 19.2. The molecule has 0 bridgehead atoms. The number of benzene rings is 2. The lowest BCUT2D eigenvalue weighted by Crippen LogP contribution is -2.35. The van der Waals surface area contributed by atoms with Crippen LogP contribution in [0.3, 0.4) is 0 Å². The first-order chi connectivity index (χ1) is 12.8. The molecule has 2 aliphatic rings. The minimum absolute atomic E-state index is 0.0220. The number of halogens is 1. The molecular formula is C22H22BrNO2S. The van der Waals surface area contributed by atoms with E-state index in [-0.39, 0.29) is 17.8 Å². The van der Waals surface area contributed by atoms with Gasteiger partial charge in [0.2, 0.25) is 0 Å². The lowest BCUT2D eigenvalue weighted by molar-refractivity contribution is -0.156. The lowest BCUT2D eigenvalue weighted by atomic mass is 9.80. The van der Waals surface area contributed by atoms with Crippen LogP contribution >= 0.6 is 27.7 Å². The summed E-state index contributed by atoms with van der Waals surface area (Å²) >= 11 is 5.53. The van der Waals surface area contributed by atoms with Gasteiger partial charge in [0.1, 0.15) is 5.60 Å². The van der Waals surface area contributed by atoms with Crippen molar-refractivity contribution in [3.8, 4) is 0 Å². The maximum atomic E-state index is 13.1. The Morgan fingerprint density at radius 3 is 2.59 bits per heavy atom. The average molecular weight is 444 g/mol. The highest BCUT2D eigenvalue weighted by Gasteiger charge is 2.47. The molecule has 3 atom stereocenters. The molecule has 0 radical (unpaired) electrons. The van der Waals surface area contributed by atoms with Crippen molar-refractivity contribution in [1.29, 1.82) is 0 Å². The van der Waals surface area contributed by atoms with Crippen LogP contribution in [-0.4, -0.2) is 29.1 Å². The Balaban J connectivity index is 1.80. The van der Waals surface area contributed by atoms with E-state index in [0.29, 0.717) is 0 Å². The van der Waals surface area contributed by atoms with E-state index in [1.54, 1.807) is 0 Å². The van der Waals surface area contributed by atoms with Crippen LogP contribution in [0.25, 0.3) is 0 Å². The van der Waals surface area contributed by atoms with Gasteiger partial charge in [0.05, 0.1) is 0 Å². The van der Waals surface area contributed by atoms with E-state index in [4.69, 9.17) is 9.73 Å². The Labute approximate surface area is 172 Å². The number of nitrogens with zero attached hydrogens (tertiary/aromatic N) is 1. The molecule has 0 aromatic heterocycles. The number of hydrogen-bond acceptors (Lipinski definition) is 4. The number of carbonyl (C=O) groups is 1. The largest absolute Gasteiger partial charge is 0.458 e. The normalized spacial score (nSPS) is 24.0. The Hall–Kier alpha value is -1.59. The number of aliphatic imine (C=N–C) groups is 1. The van der Waals surface area contributed by atoms with Crippen molar-refractivity contribution in [3.63, 3.8) is 0 Å².